The molecule has 2 amide bonds. The number of rotatable bonds is 3. The van der Waals surface area contributed by atoms with Gasteiger partial charge in [0.25, 0.3) is 0 Å². The number of ketones is 1. The van der Waals surface area contributed by atoms with Crippen LogP contribution in [0.3, 0.4) is 0 Å². The number of carbonyl (C=O) groups excluding carboxylic acids is 2. The van der Waals surface area contributed by atoms with Gasteiger partial charge in [-0.2, -0.15) is 0 Å². The fourth-order valence-corrected chi connectivity index (χ4v) is 2.53. The van der Waals surface area contributed by atoms with Crippen LogP contribution in [0, 0.1) is 5.92 Å². The van der Waals surface area contributed by atoms with Crippen molar-refractivity contribution in [2.24, 2.45) is 5.92 Å². The molecule has 1 aliphatic heterocycles. The number of likely N-dealkylation sites (tertiary alicyclic amines) is 1. The van der Waals surface area contributed by atoms with E-state index in [2.05, 4.69) is 5.32 Å². The molecule has 2 N–H and O–H groups in total. The van der Waals surface area contributed by atoms with Gasteiger partial charge < -0.3 is 15.3 Å². The van der Waals surface area contributed by atoms with Crippen molar-refractivity contribution < 1.29 is 19.5 Å². The maximum absolute atomic E-state index is 12.2. The summed E-state index contributed by atoms with van der Waals surface area (Å²) in [5, 5.41) is 11.9. The van der Waals surface area contributed by atoms with Crippen molar-refractivity contribution in [1.82, 2.24) is 4.90 Å². The van der Waals surface area contributed by atoms with Crippen LogP contribution in [-0.2, 0) is 4.79 Å². The molecule has 0 saturated carbocycles. The molecule has 21 heavy (non-hydrogen) atoms. The molecule has 2 unspecified atom stereocenters. The quantitative estimate of drug-likeness (QED) is 0.836. The van der Waals surface area contributed by atoms with E-state index in [0.29, 0.717) is 24.2 Å². The first-order chi connectivity index (χ1) is 9.90. The van der Waals surface area contributed by atoms with Crippen LogP contribution in [0.25, 0.3) is 0 Å². The molecule has 1 aromatic carbocycles. The van der Waals surface area contributed by atoms with Crippen LogP contribution in [-0.4, -0.2) is 40.4 Å². The van der Waals surface area contributed by atoms with Gasteiger partial charge in [0.15, 0.2) is 5.78 Å². The SMILES string of the molecule is CC(=O)c1ccc(NC(=O)N2CCC(C)C2C(=O)O)cc1. The van der Waals surface area contributed by atoms with Crippen molar-refractivity contribution in [3.63, 3.8) is 0 Å². The third-order valence-corrected chi connectivity index (χ3v) is 3.76. The number of carboxylic acid groups (broad SMARTS) is 1. The minimum atomic E-state index is -0.984. The molecule has 0 spiro atoms. The number of nitrogens with zero attached hydrogens (tertiary/aromatic N) is 1. The van der Waals surface area contributed by atoms with E-state index in [1.54, 1.807) is 24.3 Å². The summed E-state index contributed by atoms with van der Waals surface area (Å²) in [5.41, 5.74) is 1.10. The molecule has 0 aromatic heterocycles. The Morgan fingerprint density at radius 2 is 1.86 bits per heavy atom. The predicted molar refractivity (Wildman–Crippen MR) is 77.4 cm³/mol. The summed E-state index contributed by atoms with van der Waals surface area (Å²) in [6.45, 7) is 3.72. The Morgan fingerprint density at radius 3 is 2.38 bits per heavy atom. The highest BCUT2D eigenvalue weighted by atomic mass is 16.4. The van der Waals surface area contributed by atoms with Gasteiger partial charge >= 0.3 is 12.0 Å². The molecule has 112 valence electrons. The van der Waals surface area contributed by atoms with Gasteiger partial charge in [0.1, 0.15) is 6.04 Å². The zero-order valence-corrected chi connectivity index (χ0v) is 12.0. The summed E-state index contributed by atoms with van der Waals surface area (Å²) >= 11 is 0. The lowest BCUT2D eigenvalue weighted by molar-refractivity contribution is -0.142. The topological polar surface area (TPSA) is 86.7 Å². The number of anilines is 1. The number of benzene rings is 1. The summed E-state index contributed by atoms with van der Waals surface area (Å²) in [6.07, 6.45) is 0.674. The lowest BCUT2D eigenvalue weighted by Crippen LogP contribution is -2.44. The average Bonchev–Trinajstić information content (AvgIpc) is 2.81. The van der Waals surface area contributed by atoms with Crippen LogP contribution in [0.5, 0.6) is 0 Å². The molecule has 1 fully saturated rings. The molecule has 6 nitrogen and oxygen atoms in total. The van der Waals surface area contributed by atoms with Crippen molar-refractivity contribution in [1.29, 1.82) is 0 Å². The number of aliphatic carboxylic acids is 1. The Morgan fingerprint density at radius 1 is 1.24 bits per heavy atom. The Kier molecular flexibility index (Phi) is 4.26. The maximum Gasteiger partial charge on any atom is 0.326 e. The van der Waals surface area contributed by atoms with Gasteiger partial charge in [-0.3, -0.25) is 4.79 Å². The molecular formula is C15H18N2O4. The second-order valence-corrected chi connectivity index (χ2v) is 5.31. The molecule has 2 rings (SSSR count). The molecule has 0 bridgehead atoms. The van der Waals surface area contributed by atoms with Gasteiger partial charge in [0, 0.05) is 17.8 Å². The number of hydrogen-bond acceptors (Lipinski definition) is 3. The molecule has 1 aromatic rings. The zero-order chi connectivity index (χ0) is 15.6. The second kappa shape index (κ2) is 5.95. The number of Topliss-reactive ketones (excluding diaryl/α,β-unsaturated/α-hetero) is 1. The second-order valence-electron chi connectivity index (χ2n) is 5.31. The summed E-state index contributed by atoms with van der Waals surface area (Å²) in [7, 11) is 0. The minimum Gasteiger partial charge on any atom is -0.480 e. The molecule has 1 saturated heterocycles. The zero-order valence-electron chi connectivity index (χ0n) is 12.0. The molecule has 0 radical (unpaired) electrons. The van der Waals surface area contributed by atoms with E-state index >= 15 is 0 Å². The van der Waals surface area contributed by atoms with Crippen molar-refractivity contribution in [2.75, 3.05) is 11.9 Å². The summed E-state index contributed by atoms with van der Waals surface area (Å²) in [6, 6.07) is 5.29. The van der Waals surface area contributed by atoms with Gasteiger partial charge in [-0.1, -0.05) is 6.92 Å². The number of carbonyl (C=O) groups is 3. The van der Waals surface area contributed by atoms with Gasteiger partial charge in [-0.05, 0) is 43.5 Å². The van der Waals surface area contributed by atoms with Crippen molar-refractivity contribution in [3.8, 4) is 0 Å². The van der Waals surface area contributed by atoms with E-state index in [0.717, 1.165) is 0 Å². The van der Waals surface area contributed by atoms with Crippen LogP contribution in [0.1, 0.15) is 30.6 Å². The Balaban J connectivity index is 2.07. The summed E-state index contributed by atoms with van der Waals surface area (Å²) in [4.78, 5) is 35.9. The van der Waals surface area contributed by atoms with E-state index in [4.69, 9.17) is 0 Å². The Labute approximate surface area is 122 Å². The van der Waals surface area contributed by atoms with Crippen LogP contribution in [0.2, 0.25) is 0 Å². The van der Waals surface area contributed by atoms with Gasteiger partial charge in [-0.15, -0.1) is 0 Å². The number of nitrogens with one attached hydrogen (secondary N) is 1. The first-order valence-electron chi connectivity index (χ1n) is 6.81. The van der Waals surface area contributed by atoms with Crippen molar-refractivity contribution in [2.45, 2.75) is 26.3 Å². The summed E-state index contributed by atoms with van der Waals surface area (Å²) in [5.74, 6) is -1.09. The van der Waals surface area contributed by atoms with Crippen molar-refractivity contribution >= 4 is 23.5 Å². The predicted octanol–water partition coefficient (Wildman–Crippen LogP) is 2.22. The Hall–Kier alpha value is -2.37. The lowest BCUT2D eigenvalue weighted by Gasteiger charge is -2.23. The molecule has 6 heteroatoms. The maximum atomic E-state index is 12.2. The highest BCUT2D eigenvalue weighted by Gasteiger charge is 2.39. The minimum absolute atomic E-state index is 0.0489. The largest absolute Gasteiger partial charge is 0.480 e. The van der Waals surface area contributed by atoms with Crippen LogP contribution < -0.4 is 5.32 Å². The van der Waals surface area contributed by atoms with Gasteiger partial charge in [0.05, 0.1) is 0 Å². The fourth-order valence-electron chi connectivity index (χ4n) is 2.53. The van der Waals surface area contributed by atoms with E-state index in [9.17, 15) is 19.5 Å². The molecular weight excluding hydrogens is 272 g/mol. The third kappa shape index (κ3) is 3.21. The third-order valence-electron chi connectivity index (χ3n) is 3.76. The summed E-state index contributed by atoms with van der Waals surface area (Å²) < 4.78 is 0. The highest BCUT2D eigenvalue weighted by molar-refractivity contribution is 5.96. The van der Waals surface area contributed by atoms with Crippen LogP contribution >= 0.6 is 0 Å². The Bertz CT molecular complexity index is 568. The monoisotopic (exact) mass is 290 g/mol. The standard InChI is InChI=1S/C15H18N2O4/c1-9-7-8-17(13(9)14(19)20)15(21)16-12-5-3-11(4-6-12)10(2)18/h3-6,9,13H,7-8H2,1-2H3,(H,16,21)(H,19,20). The van der Waals surface area contributed by atoms with Crippen LogP contribution in [0.15, 0.2) is 24.3 Å². The van der Waals surface area contributed by atoms with Crippen LogP contribution in [0.4, 0.5) is 10.5 Å². The number of hydrogen-bond donors (Lipinski definition) is 2. The molecule has 2 atom stereocenters. The first kappa shape index (κ1) is 15.0. The average molecular weight is 290 g/mol. The molecule has 1 aliphatic rings. The number of carboxylic acids is 1. The van der Waals surface area contributed by atoms with Gasteiger partial charge in [-0.25, -0.2) is 9.59 Å². The van der Waals surface area contributed by atoms with E-state index in [1.165, 1.54) is 11.8 Å². The molecule has 0 aliphatic carbocycles. The van der Waals surface area contributed by atoms with Crippen molar-refractivity contribution in [3.05, 3.63) is 29.8 Å². The van der Waals surface area contributed by atoms with E-state index in [1.807, 2.05) is 6.92 Å². The smallest absolute Gasteiger partial charge is 0.326 e. The lowest BCUT2D eigenvalue weighted by atomic mass is 10.0. The number of amides is 2. The first-order valence-corrected chi connectivity index (χ1v) is 6.81. The fraction of sp³-hybridized carbons (Fsp3) is 0.400. The molecule has 1 heterocycles. The highest BCUT2D eigenvalue weighted by Crippen LogP contribution is 2.25. The van der Waals surface area contributed by atoms with Gasteiger partial charge in [0.2, 0.25) is 0 Å². The normalized spacial score (nSPS) is 21.1. The van der Waals surface area contributed by atoms with E-state index in [-0.39, 0.29) is 11.7 Å². The van der Waals surface area contributed by atoms with E-state index < -0.39 is 18.0 Å². The number of urea groups is 1.